The Morgan fingerprint density at radius 1 is 1.17 bits per heavy atom. The Bertz CT molecular complexity index is 602. The van der Waals surface area contributed by atoms with Crippen LogP contribution in [-0.4, -0.2) is 54.3 Å². The van der Waals surface area contributed by atoms with Gasteiger partial charge in [-0.1, -0.05) is 12.1 Å². The molecule has 1 rings (SSSR count). The van der Waals surface area contributed by atoms with E-state index in [1.807, 2.05) is 30.9 Å². The van der Waals surface area contributed by atoms with Gasteiger partial charge < -0.3 is 10.2 Å². The van der Waals surface area contributed by atoms with Crippen molar-refractivity contribution in [1.82, 2.24) is 15.1 Å². The van der Waals surface area contributed by atoms with Crippen LogP contribution in [0.4, 0.5) is 0 Å². The second-order valence-electron chi connectivity index (χ2n) is 6.33. The van der Waals surface area contributed by atoms with Crippen molar-refractivity contribution < 1.29 is 9.59 Å². The molecule has 0 aliphatic rings. The molecule has 1 aromatic carbocycles. The summed E-state index contributed by atoms with van der Waals surface area (Å²) in [5, 5.41) is 11.6. The maximum absolute atomic E-state index is 12.2. The van der Waals surface area contributed by atoms with Gasteiger partial charge in [0.25, 0.3) is 0 Å². The Hall–Kier alpha value is -2.39. The topological polar surface area (TPSA) is 76.4 Å². The molecule has 0 bridgehead atoms. The minimum atomic E-state index is -0.545. The molecule has 1 N–H and O–H groups in total. The van der Waals surface area contributed by atoms with Gasteiger partial charge in [-0.15, -0.1) is 0 Å². The zero-order valence-corrected chi connectivity index (χ0v) is 15.0. The molecule has 1 unspecified atom stereocenters. The number of nitrogens with one attached hydrogen (secondary N) is 1. The lowest BCUT2D eigenvalue weighted by molar-refractivity contribution is -0.134. The Morgan fingerprint density at radius 2 is 1.75 bits per heavy atom. The summed E-state index contributed by atoms with van der Waals surface area (Å²) in [5.41, 5.74) is 1.65. The van der Waals surface area contributed by atoms with Crippen molar-refractivity contribution in [3.8, 4) is 6.07 Å². The van der Waals surface area contributed by atoms with Crippen molar-refractivity contribution in [2.24, 2.45) is 0 Å². The highest BCUT2D eigenvalue weighted by Crippen LogP contribution is 2.09. The first-order valence-corrected chi connectivity index (χ1v) is 7.98. The van der Waals surface area contributed by atoms with E-state index in [1.54, 1.807) is 33.2 Å². The number of carbonyl (C=O) groups excluding carboxylic acids is 2. The Kier molecular flexibility index (Phi) is 7.40. The Balaban J connectivity index is 2.66. The molecule has 0 saturated heterocycles. The second-order valence-corrected chi connectivity index (χ2v) is 6.33. The van der Waals surface area contributed by atoms with Crippen LogP contribution < -0.4 is 5.32 Å². The molecule has 0 fully saturated rings. The van der Waals surface area contributed by atoms with Gasteiger partial charge in [0.05, 0.1) is 18.2 Å². The summed E-state index contributed by atoms with van der Waals surface area (Å²) in [6.07, 6.45) is 0. The molecule has 6 nitrogen and oxygen atoms in total. The van der Waals surface area contributed by atoms with E-state index >= 15 is 0 Å². The fraction of sp³-hybridized carbons (Fsp3) is 0.500. The number of likely N-dealkylation sites (N-methyl/N-ethyl adjacent to an activating group) is 1. The molecule has 0 heterocycles. The van der Waals surface area contributed by atoms with Crippen LogP contribution in [0.1, 0.15) is 31.9 Å². The van der Waals surface area contributed by atoms with E-state index in [0.717, 1.165) is 5.56 Å². The number of hydrogen-bond acceptors (Lipinski definition) is 4. The lowest BCUT2D eigenvalue weighted by Crippen LogP contribution is -2.48. The number of nitrogens with zero attached hydrogens (tertiary/aromatic N) is 3. The van der Waals surface area contributed by atoms with Crippen molar-refractivity contribution in [2.45, 2.75) is 39.4 Å². The van der Waals surface area contributed by atoms with Gasteiger partial charge in [0.2, 0.25) is 11.8 Å². The summed E-state index contributed by atoms with van der Waals surface area (Å²) in [6, 6.07) is 9.04. The predicted molar refractivity (Wildman–Crippen MR) is 93.0 cm³/mol. The van der Waals surface area contributed by atoms with E-state index in [0.29, 0.717) is 12.1 Å². The van der Waals surface area contributed by atoms with Crippen LogP contribution in [0.25, 0.3) is 0 Å². The highest BCUT2D eigenvalue weighted by Gasteiger charge is 2.20. The van der Waals surface area contributed by atoms with Gasteiger partial charge in [-0.3, -0.25) is 14.5 Å². The van der Waals surface area contributed by atoms with Crippen LogP contribution in [-0.2, 0) is 16.1 Å². The summed E-state index contributed by atoms with van der Waals surface area (Å²) in [4.78, 5) is 27.5. The number of rotatable bonds is 7. The average molecular weight is 330 g/mol. The van der Waals surface area contributed by atoms with Gasteiger partial charge in [-0.2, -0.15) is 5.26 Å². The number of nitriles is 1. The standard InChI is InChI=1S/C18H26N4O2/c1-13(2)22(11-16-8-6-15(10-19)7-9-16)12-17(23)20-14(3)18(24)21(4)5/h6-9,13-14H,11-12H2,1-5H3,(H,20,23). The molecule has 0 aromatic heterocycles. The van der Waals surface area contributed by atoms with Gasteiger partial charge in [-0.25, -0.2) is 0 Å². The number of benzene rings is 1. The quantitative estimate of drug-likeness (QED) is 0.819. The van der Waals surface area contributed by atoms with Crippen LogP contribution in [0, 0.1) is 11.3 Å². The molecule has 130 valence electrons. The first-order chi connectivity index (χ1) is 11.2. The molecule has 6 heteroatoms. The van der Waals surface area contributed by atoms with E-state index in [-0.39, 0.29) is 24.4 Å². The smallest absolute Gasteiger partial charge is 0.244 e. The summed E-state index contributed by atoms with van der Waals surface area (Å²) >= 11 is 0. The predicted octanol–water partition coefficient (Wildman–Crippen LogP) is 1.36. The summed E-state index contributed by atoms with van der Waals surface area (Å²) in [7, 11) is 3.33. The molecule has 0 saturated carbocycles. The van der Waals surface area contributed by atoms with Crippen LogP contribution in [0.15, 0.2) is 24.3 Å². The molecular formula is C18H26N4O2. The molecule has 2 amide bonds. The van der Waals surface area contributed by atoms with Crippen molar-refractivity contribution in [3.05, 3.63) is 35.4 Å². The van der Waals surface area contributed by atoms with Crippen LogP contribution in [0.5, 0.6) is 0 Å². The van der Waals surface area contributed by atoms with E-state index in [4.69, 9.17) is 5.26 Å². The number of hydrogen-bond donors (Lipinski definition) is 1. The highest BCUT2D eigenvalue weighted by molar-refractivity contribution is 5.87. The van der Waals surface area contributed by atoms with Gasteiger partial charge in [0.1, 0.15) is 6.04 Å². The van der Waals surface area contributed by atoms with Gasteiger partial charge in [0.15, 0.2) is 0 Å². The molecule has 24 heavy (non-hydrogen) atoms. The first kappa shape index (κ1) is 19.7. The number of carbonyl (C=O) groups is 2. The minimum absolute atomic E-state index is 0.133. The summed E-state index contributed by atoms with van der Waals surface area (Å²) in [6.45, 7) is 6.53. The maximum atomic E-state index is 12.2. The Morgan fingerprint density at radius 3 is 2.21 bits per heavy atom. The second kappa shape index (κ2) is 9.04. The third kappa shape index (κ3) is 6.01. The summed E-state index contributed by atoms with van der Waals surface area (Å²) in [5.74, 6) is -0.313. The molecular weight excluding hydrogens is 304 g/mol. The van der Waals surface area contributed by atoms with Gasteiger partial charge in [0, 0.05) is 26.7 Å². The lowest BCUT2D eigenvalue weighted by Gasteiger charge is -2.27. The van der Waals surface area contributed by atoms with Gasteiger partial charge >= 0.3 is 0 Å². The molecule has 1 aromatic rings. The number of amides is 2. The van der Waals surface area contributed by atoms with E-state index < -0.39 is 6.04 Å². The van der Waals surface area contributed by atoms with E-state index in [1.165, 1.54) is 4.90 Å². The zero-order valence-electron chi connectivity index (χ0n) is 15.0. The normalized spacial score (nSPS) is 11.9. The van der Waals surface area contributed by atoms with Gasteiger partial charge in [-0.05, 0) is 38.5 Å². The SMILES string of the molecule is CC(NC(=O)CN(Cc1ccc(C#N)cc1)C(C)C)C(=O)N(C)C. The maximum Gasteiger partial charge on any atom is 0.244 e. The third-order valence-corrected chi connectivity index (χ3v) is 3.73. The lowest BCUT2D eigenvalue weighted by atomic mass is 10.1. The highest BCUT2D eigenvalue weighted by atomic mass is 16.2. The van der Waals surface area contributed by atoms with Crippen LogP contribution in [0.2, 0.25) is 0 Å². The van der Waals surface area contributed by atoms with Crippen molar-refractivity contribution in [2.75, 3.05) is 20.6 Å². The monoisotopic (exact) mass is 330 g/mol. The fourth-order valence-corrected chi connectivity index (χ4v) is 2.26. The van der Waals surface area contributed by atoms with E-state index in [9.17, 15) is 9.59 Å². The Labute approximate surface area is 144 Å². The van der Waals surface area contributed by atoms with Crippen LogP contribution >= 0.6 is 0 Å². The zero-order chi connectivity index (χ0) is 18.3. The molecule has 0 aliphatic carbocycles. The third-order valence-electron chi connectivity index (χ3n) is 3.73. The van der Waals surface area contributed by atoms with Crippen molar-refractivity contribution in [3.63, 3.8) is 0 Å². The van der Waals surface area contributed by atoms with Crippen LogP contribution in [0.3, 0.4) is 0 Å². The molecule has 0 radical (unpaired) electrons. The minimum Gasteiger partial charge on any atom is -0.347 e. The largest absolute Gasteiger partial charge is 0.347 e. The van der Waals surface area contributed by atoms with Crippen molar-refractivity contribution in [1.29, 1.82) is 5.26 Å². The molecule has 1 atom stereocenters. The molecule has 0 spiro atoms. The fourth-order valence-electron chi connectivity index (χ4n) is 2.26. The average Bonchev–Trinajstić information content (AvgIpc) is 2.53. The first-order valence-electron chi connectivity index (χ1n) is 7.98. The van der Waals surface area contributed by atoms with Crippen molar-refractivity contribution >= 4 is 11.8 Å². The van der Waals surface area contributed by atoms with E-state index in [2.05, 4.69) is 11.4 Å². The summed E-state index contributed by atoms with van der Waals surface area (Å²) < 4.78 is 0. The molecule has 0 aliphatic heterocycles.